The number of alkyl halides is 3. The number of benzene rings is 1. The van der Waals surface area contributed by atoms with Crippen molar-refractivity contribution in [2.45, 2.75) is 25.4 Å². The molecule has 3 aromatic rings. The number of hydrogen-bond donors (Lipinski definition) is 2. The highest BCUT2D eigenvalue weighted by Crippen LogP contribution is 2.33. The van der Waals surface area contributed by atoms with E-state index in [0.717, 1.165) is 49.4 Å². The second-order valence-corrected chi connectivity index (χ2v) is 7.46. The molecule has 3 heterocycles. The summed E-state index contributed by atoms with van der Waals surface area (Å²) in [6.07, 6.45) is -1.10. The Kier molecular flexibility index (Phi) is 5.22. The van der Waals surface area contributed by atoms with Crippen LogP contribution in [0.1, 0.15) is 35.3 Å². The number of nitrogens with one attached hydrogen (secondary N) is 2. The van der Waals surface area contributed by atoms with Crippen LogP contribution in [0.3, 0.4) is 0 Å². The SMILES string of the molecule is O=C(Nc1nc(N2CCCCC2)n[nH]1)c1csc(-c2cccc(C(F)(F)F)c2)n1. The van der Waals surface area contributed by atoms with Crippen molar-refractivity contribution in [2.75, 3.05) is 23.3 Å². The maximum Gasteiger partial charge on any atom is 0.416 e. The van der Waals surface area contributed by atoms with Crippen LogP contribution < -0.4 is 10.2 Å². The van der Waals surface area contributed by atoms with Gasteiger partial charge in [0.05, 0.1) is 5.56 Å². The lowest BCUT2D eigenvalue weighted by Crippen LogP contribution is -2.30. The van der Waals surface area contributed by atoms with Crippen molar-refractivity contribution >= 4 is 29.1 Å². The number of carbonyl (C=O) groups excluding carboxylic acids is 1. The van der Waals surface area contributed by atoms with Crippen molar-refractivity contribution in [3.63, 3.8) is 0 Å². The monoisotopic (exact) mass is 422 g/mol. The summed E-state index contributed by atoms with van der Waals surface area (Å²) in [5.74, 6) is 0.216. The lowest BCUT2D eigenvalue weighted by Gasteiger charge is -2.24. The third-order valence-electron chi connectivity index (χ3n) is 4.52. The predicted molar refractivity (Wildman–Crippen MR) is 103 cm³/mol. The van der Waals surface area contributed by atoms with Crippen LogP contribution in [0.5, 0.6) is 0 Å². The van der Waals surface area contributed by atoms with E-state index < -0.39 is 17.6 Å². The molecule has 0 saturated carbocycles. The first-order chi connectivity index (χ1) is 13.9. The van der Waals surface area contributed by atoms with Gasteiger partial charge in [-0.3, -0.25) is 10.1 Å². The van der Waals surface area contributed by atoms with Gasteiger partial charge in [-0.15, -0.1) is 16.4 Å². The van der Waals surface area contributed by atoms with E-state index in [0.29, 0.717) is 16.5 Å². The fourth-order valence-electron chi connectivity index (χ4n) is 3.05. The van der Waals surface area contributed by atoms with Gasteiger partial charge < -0.3 is 4.90 Å². The van der Waals surface area contributed by atoms with E-state index in [1.54, 1.807) is 0 Å². The van der Waals surface area contributed by atoms with E-state index in [1.165, 1.54) is 23.9 Å². The van der Waals surface area contributed by atoms with E-state index >= 15 is 0 Å². The quantitative estimate of drug-likeness (QED) is 0.658. The number of H-pyrrole nitrogens is 1. The average Bonchev–Trinajstić information content (AvgIpc) is 3.38. The standard InChI is InChI=1S/C18H17F3N6OS/c19-18(20,21)12-6-4-5-11(9-12)15-22-13(10-29-15)14(28)23-16-24-17(26-25-16)27-7-2-1-3-8-27/h4-6,9-10H,1-3,7-8H2,(H2,23,24,25,26,28). The number of halogens is 3. The minimum Gasteiger partial charge on any atom is -0.340 e. The van der Waals surface area contributed by atoms with Crippen molar-refractivity contribution < 1.29 is 18.0 Å². The number of rotatable bonds is 4. The fourth-order valence-corrected chi connectivity index (χ4v) is 3.85. The lowest BCUT2D eigenvalue weighted by molar-refractivity contribution is -0.137. The Hall–Kier alpha value is -2.95. The van der Waals surface area contributed by atoms with Crippen molar-refractivity contribution in [3.8, 4) is 10.6 Å². The Balaban J connectivity index is 1.46. The molecule has 29 heavy (non-hydrogen) atoms. The van der Waals surface area contributed by atoms with Crippen molar-refractivity contribution in [1.82, 2.24) is 20.2 Å². The summed E-state index contributed by atoms with van der Waals surface area (Å²) in [6, 6.07) is 4.85. The minimum absolute atomic E-state index is 0.0957. The zero-order chi connectivity index (χ0) is 20.4. The van der Waals surface area contributed by atoms with E-state index in [4.69, 9.17) is 0 Å². The normalized spacial score (nSPS) is 14.8. The molecule has 1 aromatic carbocycles. The van der Waals surface area contributed by atoms with Gasteiger partial charge in [-0.1, -0.05) is 12.1 Å². The number of thiazole rings is 1. The average molecular weight is 422 g/mol. The molecule has 0 unspecified atom stereocenters. The number of anilines is 2. The van der Waals surface area contributed by atoms with Crippen LogP contribution in [0.25, 0.3) is 10.6 Å². The first kappa shape index (κ1) is 19.4. The molecule has 0 atom stereocenters. The molecule has 0 bridgehead atoms. The van der Waals surface area contributed by atoms with Crippen LogP contribution in [-0.4, -0.2) is 39.2 Å². The number of aromatic amines is 1. The van der Waals surface area contributed by atoms with Crippen LogP contribution in [0.4, 0.5) is 25.1 Å². The van der Waals surface area contributed by atoms with E-state index in [9.17, 15) is 18.0 Å². The highest BCUT2D eigenvalue weighted by atomic mass is 32.1. The highest BCUT2D eigenvalue weighted by Gasteiger charge is 2.30. The summed E-state index contributed by atoms with van der Waals surface area (Å²) in [5.41, 5.74) is -0.364. The van der Waals surface area contributed by atoms with Crippen molar-refractivity contribution in [1.29, 1.82) is 0 Å². The van der Waals surface area contributed by atoms with Crippen LogP contribution in [0.2, 0.25) is 0 Å². The maximum absolute atomic E-state index is 12.9. The summed E-state index contributed by atoms with van der Waals surface area (Å²) in [5, 5.41) is 11.2. The van der Waals surface area contributed by atoms with E-state index in [2.05, 4.69) is 25.5 Å². The molecule has 1 fully saturated rings. The van der Waals surface area contributed by atoms with Gasteiger partial charge in [0.2, 0.25) is 11.9 Å². The molecule has 11 heteroatoms. The van der Waals surface area contributed by atoms with Gasteiger partial charge in [-0.05, 0) is 31.4 Å². The van der Waals surface area contributed by atoms with Gasteiger partial charge in [0.1, 0.15) is 10.7 Å². The van der Waals surface area contributed by atoms with Crippen molar-refractivity contribution in [2.24, 2.45) is 0 Å². The molecular formula is C18H17F3N6OS. The molecule has 152 valence electrons. The van der Waals surface area contributed by atoms with E-state index in [-0.39, 0.29) is 11.6 Å². The number of piperidine rings is 1. The van der Waals surface area contributed by atoms with Crippen molar-refractivity contribution in [3.05, 3.63) is 40.9 Å². The molecule has 7 nitrogen and oxygen atoms in total. The summed E-state index contributed by atoms with van der Waals surface area (Å²) >= 11 is 1.10. The van der Waals surface area contributed by atoms with Gasteiger partial charge in [-0.25, -0.2) is 10.1 Å². The summed E-state index contributed by atoms with van der Waals surface area (Å²) in [6.45, 7) is 1.75. The van der Waals surface area contributed by atoms with Gasteiger partial charge in [0, 0.05) is 24.0 Å². The molecule has 0 radical (unpaired) electrons. The van der Waals surface area contributed by atoms with E-state index in [1.807, 2.05) is 4.90 Å². The van der Waals surface area contributed by atoms with Crippen LogP contribution in [0, 0.1) is 0 Å². The van der Waals surface area contributed by atoms with Gasteiger partial charge >= 0.3 is 6.18 Å². The topological polar surface area (TPSA) is 86.8 Å². The zero-order valence-corrected chi connectivity index (χ0v) is 16.0. The number of nitrogens with zero attached hydrogens (tertiary/aromatic N) is 4. The molecular weight excluding hydrogens is 405 g/mol. The second kappa shape index (κ2) is 7.82. The molecule has 1 amide bonds. The number of carbonyl (C=O) groups is 1. The minimum atomic E-state index is -4.44. The molecule has 1 saturated heterocycles. The van der Waals surface area contributed by atoms with Crippen LogP contribution in [-0.2, 0) is 6.18 Å². The summed E-state index contributed by atoms with van der Waals surface area (Å²) in [7, 11) is 0. The number of aromatic nitrogens is 4. The Bertz CT molecular complexity index is 1010. The number of hydrogen-bond acceptors (Lipinski definition) is 6. The summed E-state index contributed by atoms with van der Waals surface area (Å²) < 4.78 is 38.7. The smallest absolute Gasteiger partial charge is 0.340 e. The zero-order valence-electron chi connectivity index (χ0n) is 15.2. The van der Waals surface area contributed by atoms with Gasteiger partial charge in [-0.2, -0.15) is 18.2 Å². The van der Waals surface area contributed by atoms with Gasteiger partial charge in [0.25, 0.3) is 5.91 Å². The molecule has 1 aliphatic heterocycles. The first-order valence-corrected chi connectivity index (χ1v) is 9.90. The first-order valence-electron chi connectivity index (χ1n) is 9.02. The third-order valence-corrected chi connectivity index (χ3v) is 5.41. The third kappa shape index (κ3) is 4.39. The largest absolute Gasteiger partial charge is 0.416 e. The lowest BCUT2D eigenvalue weighted by atomic mass is 10.1. The molecule has 2 N–H and O–H groups in total. The van der Waals surface area contributed by atoms with Crippen LogP contribution >= 0.6 is 11.3 Å². The molecule has 0 aliphatic carbocycles. The molecule has 4 rings (SSSR count). The Morgan fingerprint density at radius 3 is 2.72 bits per heavy atom. The molecule has 0 spiro atoms. The number of amides is 1. The predicted octanol–water partition coefficient (Wildman–Crippen LogP) is 4.19. The second-order valence-electron chi connectivity index (χ2n) is 6.60. The Morgan fingerprint density at radius 1 is 1.17 bits per heavy atom. The van der Waals surface area contributed by atoms with Crippen LogP contribution in [0.15, 0.2) is 29.6 Å². The molecule has 2 aromatic heterocycles. The Morgan fingerprint density at radius 2 is 1.97 bits per heavy atom. The Labute approximate surface area is 168 Å². The maximum atomic E-state index is 12.9. The summed E-state index contributed by atoms with van der Waals surface area (Å²) in [4.78, 5) is 22.9. The molecule has 1 aliphatic rings. The highest BCUT2D eigenvalue weighted by molar-refractivity contribution is 7.13. The fraction of sp³-hybridized carbons (Fsp3) is 0.333. The van der Waals surface area contributed by atoms with Gasteiger partial charge in [0.15, 0.2) is 0 Å².